The summed E-state index contributed by atoms with van der Waals surface area (Å²) < 4.78 is 1.92. The van der Waals surface area contributed by atoms with Gasteiger partial charge in [0.05, 0.1) is 36.1 Å². The first-order valence-electron chi connectivity index (χ1n) is 12.8. The fourth-order valence-electron chi connectivity index (χ4n) is 5.34. The zero-order valence-corrected chi connectivity index (χ0v) is 21.2. The maximum Gasteiger partial charge on any atom is 0.315 e. The van der Waals surface area contributed by atoms with Gasteiger partial charge in [-0.25, -0.2) is 4.79 Å². The minimum atomic E-state index is -0.581. The molecule has 1 atom stereocenters. The monoisotopic (exact) mass is 499 g/mol. The number of benzene rings is 2. The smallest absolute Gasteiger partial charge is 0.315 e. The Bertz CT molecular complexity index is 1300. The number of nitriles is 1. The number of amides is 2. The summed E-state index contributed by atoms with van der Waals surface area (Å²) in [6.45, 7) is 7.21. The summed E-state index contributed by atoms with van der Waals surface area (Å²) in [5.74, 6) is 0. The normalized spacial score (nSPS) is 16.8. The number of hydrogen-bond donors (Lipinski definition) is 2. The second kappa shape index (κ2) is 10.6. The third-order valence-electron chi connectivity index (χ3n) is 7.36. The van der Waals surface area contributed by atoms with E-state index in [1.807, 2.05) is 48.0 Å². The van der Waals surface area contributed by atoms with Crippen LogP contribution in [-0.4, -0.2) is 76.1 Å². The number of anilines is 1. The quantitative estimate of drug-likeness (QED) is 0.538. The van der Waals surface area contributed by atoms with E-state index in [9.17, 15) is 15.2 Å². The Kier molecular flexibility index (Phi) is 7.12. The molecule has 9 nitrogen and oxygen atoms in total. The van der Waals surface area contributed by atoms with Crippen LogP contribution in [0.5, 0.6) is 0 Å². The zero-order chi connectivity index (χ0) is 25.9. The largest absolute Gasteiger partial charge is 0.390 e. The predicted octanol–water partition coefficient (Wildman–Crippen LogP) is 2.35. The fraction of sp³-hybridized carbons (Fsp3) is 0.393. The first-order chi connectivity index (χ1) is 17.9. The molecule has 3 heterocycles. The van der Waals surface area contributed by atoms with Gasteiger partial charge in [0.1, 0.15) is 6.07 Å². The summed E-state index contributed by atoms with van der Waals surface area (Å²) in [6.07, 6.45) is 0.0721. The van der Waals surface area contributed by atoms with Crippen molar-refractivity contribution in [3.8, 4) is 17.3 Å². The average molecular weight is 500 g/mol. The number of carbonyl (C=O) groups is 1. The summed E-state index contributed by atoms with van der Waals surface area (Å²) in [4.78, 5) is 18.0. The maximum absolute atomic E-state index is 11.9. The van der Waals surface area contributed by atoms with Crippen molar-refractivity contribution in [2.45, 2.75) is 32.5 Å². The molecule has 0 radical (unpaired) electrons. The van der Waals surface area contributed by atoms with Crippen molar-refractivity contribution in [1.82, 2.24) is 19.6 Å². The Morgan fingerprint density at radius 3 is 2.51 bits per heavy atom. The third-order valence-corrected chi connectivity index (χ3v) is 7.36. The molecule has 0 aliphatic carbocycles. The second-order valence-electron chi connectivity index (χ2n) is 9.90. The van der Waals surface area contributed by atoms with Crippen LogP contribution in [0.15, 0.2) is 48.5 Å². The number of aliphatic hydroxyl groups is 1. The molecule has 2 aliphatic heterocycles. The van der Waals surface area contributed by atoms with Crippen LogP contribution in [0.25, 0.3) is 11.3 Å². The van der Waals surface area contributed by atoms with Crippen molar-refractivity contribution in [2.75, 3.05) is 44.2 Å². The van der Waals surface area contributed by atoms with Crippen molar-refractivity contribution < 1.29 is 9.90 Å². The third kappa shape index (κ3) is 5.31. The summed E-state index contributed by atoms with van der Waals surface area (Å²) >= 11 is 0. The number of urea groups is 1. The van der Waals surface area contributed by atoms with Crippen molar-refractivity contribution in [3.63, 3.8) is 0 Å². The molecule has 2 aromatic carbocycles. The molecule has 0 spiro atoms. The standard InChI is InChI=1S/C28H33N7O2/c1-20-6-8-21(9-7-20)27-24-19-34(28(30)37)11-10-26(24)35(31-27)18-23(36)17-32-12-14-33(15-13-32)25-5-3-2-4-22(25)16-29/h2-9,23,36H,10-15,17-19H2,1H3,(H2,30,37). The van der Waals surface area contributed by atoms with Gasteiger partial charge in [-0.15, -0.1) is 0 Å². The number of aliphatic hydroxyl groups excluding tert-OH is 1. The van der Waals surface area contributed by atoms with Crippen LogP contribution in [0.3, 0.4) is 0 Å². The van der Waals surface area contributed by atoms with Crippen LogP contribution in [0, 0.1) is 18.3 Å². The minimum absolute atomic E-state index is 0.391. The van der Waals surface area contributed by atoms with Gasteiger partial charge in [-0.1, -0.05) is 42.0 Å². The lowest BCUT2D eigenvalue weighted by molar-refractivity contribution is 0.0910. The van der Waals surface area contributed by atoms with E-state index in [1.54, 1.807) is 4.90 Å². The van der Waals surface area contributed by atoms with Gasteiger partial charge in [0.15, 0.2) is 0 Å². The highest BCUT2D eigenvalue weighted by atomic mass is 16.3. The first kappa shape index (κ1) is 24.8. The number of piperazine rings is 1. The second-order valence-corrected chi connectivity index (χ2v) is 9.90. The Labute approximate surface area is 217 Å². The number of para-hydroxylation sites is 1. The Hall–Kier alpha value is -3.87. The molecular weight excluding hydrogens is 466 g/mol. The highest BCUT2D eigenvalue weighted by molar-refractivity contribution is 5.73. The lowest BCUT2D eigenvalue weighted by Gasteiger charge is -2.37. The number of fused-ring (bicyclic) bond motifs is 1. The number of aryl methyl sites for hydroxylation is 1. The number of β-amino-alcohol motifs (C(OH)–C–C–N with tert-alkyl or cyclic N) is 1. The maximum atomic E-state index is 11.9. The van der Waals surface area contributed by atoms with Gasteiger partial charge in [-0.3, -0.25) is 9.58 Å². The zero-order valence-electron chi connectivity index (χ0n) is 21.2. The number of nitrogens with zero attached hydrogens (tertiary/aromatic N) is 6. The summed E-state index contributed by atoms with van der Waals surface area (Å²) in [6, 6.07) is 17.8. The van der Waals surface area contributed by atoms with Crippen LogP contribution in [0.4, 0.5) is 10.5 Å². The Balaban J connectivity index is 1.27. The molecule has 1 unspecified atom stereocenters. The van der Waals surface area contributed by atoms with Crippen LogP contribution in [0.1, 0.15) is 22.4 Å². The summed E-state index contributed by atoms with van der Waals surface area (Å²) in [7, 11) is 0. The summed E-state index contributed by atoms with van der Waals surface area (Å²) in [5, 5.41) is 25.4. The molecule has 3 N–H and O–H groups in total. The van der Waals surface area contributed by atoms with E-state index < -0.39 is 12.1 Å². The topological polar surface area (TPSA) is 115 Å². The number of nitrogens with two attached hydrogens (primary N) is 1. The number of primary amides is 1. The highest BCUT2D eigenvalue weighted by Crippen LogP contribution is 2.30. The van der Waals surface area contributed by atoms with Crippen LogP contribution >= 0.6 is 0 Å². The highest BCUT2D eigenvalue weighted by Gasteiger charge is 2.28. The number of aromatic nitrogens is 2. The van der Waals surface area contributed by atoms with Crippen molar-refractivity contribution in [1.29, 1.82) is 5.26 Å². The molecule has 0 bridgehead atoms. The Morgan fingerprint density at radius 1 is 1.08 bits per heavy atom. The van der Waals surface area contributed by atoms with Gasteiger partial charge in [0, 0.05) is 62.5 Å². The number of hydrogen-bond acceptors (Lipinski definition) is 6. The van der Waals surface area contributed by atoms with Gasteiger partial charge in [-0.2, -0.15) is 10.4 Å². The first-order valence-corrected chi connectivity index (χ1v) is 12.8. The van der Waals surface area contributed by atoms with Crippen molar-refractivity contribution in [3.05, 3.63) is 70.9 Å². The van der Waals surface area contributed by atoms with E-state index in [-0.39, 0.29) is 0 Å². The van der Waals surface area contributed by atoms with Crippen LogP contribution < -0.4 is 10.6 Å². The molecular formula is C28H33N7O2. The molecule has 1 aromatic heterocycles. The molecule has 9 heteroatoms. The van der Waals surface area contributed by atoms with Gasteiger partial charge >= 0.3 is 6.03 Å². The molecule has 0 saturated carbocycles. The van der Waals surface area contributed by atoms with E-state index >= 15 is 0 Å². The number of rotatable bonds is 6. The van der Waals surface area contributed by atoms with Crippen molar-refractivity contribution >= 4 is 11.7 Å². The lowest BCUT2D eigenvalue weighted by Crippen LogP contribution is -2.49. The van der Waals surface area contributed by atoms with Crippen LogP contribution in [0.2, 0.25) is 0 Å². The fourth-order valence-corrected chi connectivity index (χ4v) is 5.34. The van der Waals surface area contributed by atoms with E-state index in [4.69, 9.17) is 10.8 Å². The van der Waals surface area contributed by atoms with E-state index in [2.05, 4.69) is 28.0 Å². The van der Waals surface area contributed by atoms with Crippen LogP contribution in [-0.2, 0) is 19.5 Å². The van der Waals surface area contributed by atoms with E-state index in [0.29, 0.717) is 38.2 Å². The molecule has 1 fully saturated rings. The van der Waals surface area contributed by atoms with Gasteiger partial charge in [-0.05, 0) is 19.1 Å². The molecule has 2 aliphatic rings. The minimum Gasteiger partial charge on any atom is -0.390 e. The van der Waals surface area contributed by atoms with Gasteiger partial charge in [0.2, 0.25) is 0 Å². The average Bonchev–Trinajstić information content (AvgIpc) is 3.26. The SMILES string of the molecule is Cc1ccc(-c2nn(CC(O)CN3CCN(c4ccccc4C#N)CC3)c3c2CN(C(N)=O)CC3)cc1. The molecule has 3 aromatic rings. The van der Waals surface area contributed by atoms with Crippen molar-refractivity contribution in [2.24, 2.45) is 5.73 Å². The van der Waals surface area contributed by atoms with Gasteiger partial charge < -0.3 is 20.6 Å². The predicted molar refractivity (Wildman–Crippen MR) is 142 cm³/mol. The molecule has 2 amide bonds. The molecule has 192 valence electrons. The molecule has 5 rings (SSSR count). The Morgan fingerprint density at radius 2 is 1.81 bits per heavy atom. The number of carbonyl (C=O) groups excluding carboxylic acids is 1. The van der Waals surface area contributed by atoms with Gasteiger partial charge in [0.25, 0.3) is 0 Å². The van der Waals surface area contributed by atoms with E-state index in [1.165, 1.54) is 5.56 Å². The molecule has 1 saturated heterocycles. The van der Waals surface area contributed by atoms with E-state index in [0.717, 1.165) is 54.4 Å². The lowest BCUT2D eigenvalue weighted by atomic mass is 10.0. The summed E-state index contributed by atoms with van der Waals surface area (Å²) in [5.41, 5.74) is 12.3. The molecule has 37 heavy (non-hydrogen) atoms.